The predicted molar refractivity (Wildman–Crippen MR) is 160 cm³/mol. The summed E-state index contributed by atoms with van der Waals surface area (Å²) >= 11 is 0. The molecule has 208 valence electrons. The monoisotopic (exact) mass is 549 g/mol. The zero-order valence-electron chi connectivity index (χ0n) is 23.5. The number of aromatic nitrogens is 2. The molecule has 5 rings (SSSR count). The second kappa shape index (κ2) is 10.7. The van der Waals surface area contributed by atoms with Gasteiger partial charge in [0.15, 0.2) is 0 Å². The molecule has 0 saturated carbocycles. The fourth-order valence-electron chi connectivity index (χ4n) is 4.91. The average Bonchev–Trinajstić information content (AvgIpc) is 2.90. The van der Waals surface area contributed by atoms with Gasteiger partial charge in [0, 0.05) is 61.5 Å². The van der Waals surface area contributed by atoms with Gasteiger partial charge in [-0.05, 0) is 89.5 Å². The van der Waals surface area contributed by atoms with Crippen molar-refractivity contribution in [2.45, 2.75) is 45.3 Å². The van der Waals surface area contributed by atoms with Gasteiger partial charge < -0.3 is 20.4 Å². The van der Waals surface area contributed by atoms with Crippen LogP contribution in [0.3, 0.4) is 0 Å². The van der Waals surface area contributed by atoms with Crippen LogP contribution in [0, 0.1) is 6.92 Å². The summed E-state index contributed by atoms with van der Waals surface area (Å²) in [5, 5.41) is 6.70. The third-order valence-corrected chi connectivity index (χ3v) is 9.96. The molecule has 39 heavy (non-hydrogen) atoms. The summed E-state index contributed by atoms with van der Waals surface area (Å²) in [6.45, 7) is 11.9. The molecule has 0 atom stereocenters. The quantitative estimate of drug-likeness (QED) is 0.448. The first-order valence-corrected chi connectivity index (χ1v) is 15.0. The Bertz CT molecular complexity index is 1430. The minimum atomic E-state index is -3.50. The van der Waals surface area contributed by atoms with Gasteiger partial charge in [0.1, 0.15) is 5.82 Å². The molecule has 0 bridgehead atoms. The van der Waals surface area contributed by atoms with Crippen molar-refractivity contribution < 1.29 is 8.42 Å². The number of benzene rings is 2. The van der Waals surface area contributed by atoms with Crippen molar-refractivity contribution in [2.75, 3.05) is 59.6 Å². The lowest BCUT2D eigenvalue weighted by Crippen LogP contribution is -2.45. The lowest BCUT2D eigenvalue weighted by Gasteiger charge is -2.35. The number of hydrogen-bond donors (Lipinski definition) is 2. The summed E-state index contributed by atoms with van der Waals surface area (Å²) in [7, 11) is -1.34. The molecule has 10 heteroatoms. The summed E-state index contributed by atoms with van der Waals surface area (Å²) in [5.41, 5.74) is 5.60. The number of piperazine rings is 1. The molecular formula is C29H39N7O2S. The number of rotatable bonds is 6. The lowest BCUT2D eigenvalue weighted by molar-refractivity contribution is 0.313. The molecule has 2 aliphatic rings. The summed E-state index contributed by atoms with van der Waals surface area (Å²) < 4.78 is 27.3. The topological polar surface area (TPSA) is 93.7 Å². The normalized spacial score (nSPS) is 16.6. The van der Waals surface area contributed by atoms with Gasteiger partial charge in [-0.25, -0.2) is 13.4 Å². The molecule has 9 nitrogen and oxygen atoms in total. The van der Waals surface area contributed by atoms with Gasteiger partial charge >= 0.3 is 0 Å². The standard InChI is InChI=1S/C29H39N7O2S/c1-21-20-30-28(32-23-10-12-25(13-11-23)35-17-15-34(5)16-18-35)33-27(21)31-24-9-8-22-7-6-14-36(26(22)19-24)39(37,38)29(2,3)4/h8-13,19-20H,6-7,14-18H2,1-5H3,(H2,30,31,32,33). The lowest BCUT2D eigenvalue weighted by atomic mass is 10.0. The number of likely N-dealkylation sites (N-methyl/N-ethyl adjacent to an activating group) is 1. The molecule has 0 spiro atoms. The van der Waals surface area contributed by atoms with Gasteiger partial charge in [0.25, 0.3) is 0 Å². The van der Waals surface area contributed by atoms with E-state index in [0.29, 0.717) is 18.3 Å². The molecule has 1 saturated heterocycles. The maximum Gasteiger partial charge on any atom is 0.240 e. The van der Waals surface area contributed by atoms with Crippen molar-refractivity contribution in [2.24, 2.45) is 0 Å². The number of nitrogens with one attached hydrogen (secondary N) is 2. The van der Waals surface area contributed by atoms with Crippen molar-refractivity contribution in [3.05, 3.63) is 59.8 Å². The molecule has 1 fully saturated rings. The SMILES string of the molecule is Cc1cnc(Nc2ccc(N3CCN(C)CC3)cc2)nc1Nc1ccc2c(c1)N(S(=O)(=O)C(C)(C)C)CCC2. The predicted octanol–water partition coefficient (Wildman–Crippen LogP) is 4.90. The Kier molecular flexibility index (Phi) is 7.43. The van der Waals surface area contributed by atoms with E-state index in [4.69, 9.17) is 4.98 Å². The number of anilines is 6. The van der Waals surface area contributed by atoms with Crippen molar-refractivity contribution >= 4 is 44.5 Å². The summed E-state index contributed by atoms with van der Waals surface area (Å²) in [6, 6.07) is 14.3. The number of aryl methyl sites for hydroxylation is 2. The Morgan fingerprint density at radius 2 is 1.59 bits per heavy atom. The van der Waals surface area contributed by atoms with Gasteiger partial charge in [-0.2, -0.15) is 4.98 Å². The van der Waals surface area contributed by atoms with E-state index >= 15 is 0 Å². The number of sulfonamides is 1. The average molecular weight is 550 g/mol. The van der Waals surface area contributed by atoms with Gasteiger partial charge in [-0.1, -0.05) is 6.07 Å². The Balaban J connectivity index is 1.33. The third kappa shape index (κ3) is 5.81. The molecule has 0 radical (unpaired) electrons. The minimum Gasteiger partial charge on any atom is -0.369 e. The molecule has 2 aromatic carbocycles. The van der Waals surface area contributed by atoms with E-state index in [-0.39, 0.29) is 0 Å². The highest BCUT2D eigenvalue weighted by atomic mass is 32.2. The van der Waals surface area contributed by atoms with Crippen LogP contribution >= 0.6 is 0 Å². The maximum atomic E-state index is 13.3. The van der Waals surface area contributed by atoms with Crippen LogP contribution in [0.1, 0.15) is 38.3 Å². The Morgan fingerprint density at radius 3 is 2.28 bits per heavy atom. The van der Waals surface area contributed by atoms with Gasteiger partial charge in [-0.3, -0.25) is 4.31 Å². The highest BCUT2D eigenvalue weighted by Crippen LogP contribution is 2.36. The molecular weight excluding hydrogens is 510 g/mol. The summed E-state index contributed by atoms with van der Waals surface area (Å²) in [5.74, 6) is 1.16. The molecule has 3 aromatic rings. The van der Waals surface area contributed by atoms with Crippen LogP contribution in [0.4, 0.5) is 34.5 Å². The summed E-state index contributed by atoms with van der Waals surface area (Å²) in [4.78, 5) is 13.9. The van der Waals surface area contributed by atoms with E-state index in [0.717, 1.165) is 67.2 Å². The van der Waals surface area contributed by atoms with Gasteiger partial charge in [-0.15, -0.1) is 0 Å². The molecule has 1 aromatic heterocycles. The van der Waals surface area contributed by atoms with Crippen molar-refractivity contribution in [1.29, 1.82) is 0 Å². The second-order valence-corrected chi connectivity index (χ2v) is 14.1. The highest BCUT2D eigenvalue weighted by Gasteiger charge is 2.37. The Hall–Kier alpha value is -3.37. The van der Waals surface area contributed by atoms with Crippen LogP contribution in [0.15, 0.2) is 48.7 Å². The van der Waals surface area contributed by atoms with E-state index < -0.39 is 14.8 Å². The van der Waals surface area contributed by atoms with Crippen molar-refractivity contribution in [3.63, 3.8) is 0 Å². The summed E-state index contributed by atoms with van der Waals surface area (Å²) in [6.07, 6.45) is 3.45. The molecule has 2 N–H and O–H groups in total. The van der Waals surface area contributed by atoms with E-state index in [1.165, 1.54) is 5.69 Å². The first-order valence-electron chi connectivity index (χ1n) is 13.6. The number of hydrogen-bond acceptors (Lipinski definition) is 8. The third-order valence-electron chi connectivity index (χ3n) is 7.45. The van der Waals surface area contributed by atoms with E-state index in [9.17, 15) is 8.42 Å². The number of fused-ring (bicyclic) bond motifs is 1. The molecule has 0 amide bonds. The van der Waals surface area contributed by atoms with Gasteiger partial charge in [0.2, 0.25) is 16.0 Å². The van der Waals surface area contributed by atoms with Crippen LogP contribution in [-0.2, 0) is 16.4 Å². The minimum absolute atomic E-state index is 0.490. The molecule has 0 aliphatic carbocycles. The van der Waals surface area contributed by atoms with Crippen LogP contribution in [0.5, 0.6) is 0 Å². The Morgan fingerprint density at radius 1 is 0.897 bits per heavy atom. The van der Waals surface area contributed by atoms with Crippen LogP contribution < -0.4 is 19.8 Å². The Labute approximate surface area is 232 Å². The molecule has 2 aliphatic heterocycles. The zero-order valence-corrected chi connectivity index (χ0v) is 24.3. The van der Waals surface area contributed by atoms with E-state index in [1.54, 1.807) is 31.3 Å². The number of nitrogens with zero attached hydrogens (tertiary/aromatic N) is 5. The van der Waals surface area contributed by atoms with Crippen molar-refractivity contribution in [3.8, 4) is 0 Å². The molecule has 3 heterocycles. The van der Waals surface area contributed by atoms with E-state index in [1.807, 2.05) is 25.1 Å². The van der Waals surface area contributed by atoms with Crippen LogP contribution in [0.25, 0.3) is 0 Å². The van der Waals surface area contributed by atoms with Gasteiger partial charge in [0.05, 0.1) is 10.4 Å². The first-order chi connectivity index (χ1) is 18.5. The van der Waals surface area contributed by atoms with Crippen LogP contribution in [-0.4, -0.2) is 67.8 Å². The fourth-order valence-corrected chi connectivity index (χ4v) is 6.37. The fraction of sp³-hybridized carbons (Fsp3) is 0.448. The van der Waals surface area contributed by atoms with Crippen LogP contribution in [0.2, 0.25) is 0 Å². The maximum absolute atomic E-state index is 13.3. The smallest absolute Gasteiger partial charge is 0.240 e. The molecule has 0 unspecified atom stereocenters. The zero-order chi connectivity index (χ0) is 27.8. The second-order valence-electron chi connectivity index (χ2n) is 11.4. The largest absolute Gasteiger partial charge is 0.369 e. The van der Waals surface area contributed by atoms with E-state index in [2.05, 4.69) is 56.7 Å². The highest BCUT2D eigenvalue weighted by molar-refractivity contribution is 7.94. The first kappa shape index (κ1) is 27.2. The van der Waals surface area contributed by atoms with Crippen molar-refractivity contribution in [1.82, 2.24) is 14.9 Å².